The molecule has 0 radical (unpaired) electrons. The molecule has 0 atom stereocenters. The Bertz CT molecular complexity index is 1550. The average molecular weight is 617 g/mol. The van der Waals surface area contributed by atoms with Crippen LogP contribution in [0.25, 0.3) is 0 Å². The molecule has 0 spiro atoms. The van der Waals surface area contributed by atoms with Crippen molar-refractivity contribution in [3.05, 3.63) is 18.2 Å². The van der Waals surface area contributed by atoms with Gasteiger partial charge in [-0.15, -0.1) is 0 Å². The van der Waals surface area contributed by atoms with Gasteiger partial charge in [-0.3, -0.25) is 23.7 Å². The maximum atomic E-state index is 14.0. The SMILES string of the molecule is COc1cc(S(=O)(=O)c2cc(OC)c(NC(=O)CC(C)=O)c(P(=O)(O)O)c2OC)c(OC)cc1NC(=O)CC(C)=O. The molecule has 0 aromatic heterocycles. The van der Waals surface area contributed by atoms with Gasteiger partial charge in [0.25, 0.3) is 0 Å². The monoisotopic (exact) mass is 616 g/mol. The lowest BCUT2D eigenvalue weighted by molar-refractivity contribution is -0.125. The predicted molar refractivity (Wildman–Crippen MR) is 144 cm³/mol. The van der Waals surface area contributed by atoms with Gasteiger partial charge in [-0.25, -0.2) is 8.42 Å². The number of amides is 2. The van der Waals surface area contributed by atoms with E-state index in [1.54, 1.807) is 0 Å². The zero-order valence-corrected chi connectivity index (χ0v) is 24.6. The van der Waals surface area contributed by atoms with Gasteiger partial charge in [-0.2, -0.15) is 0 Å². The number of sulfone groups is 1. The lowest BCUT2D eigenvalue weighted by Crippen LogP contribution is -2.24. The van der Waals surface area contributed by atoms with Crippen LogP contribution in [0.15, 0.2) is 28.0 Å². The fourth-order valence-corrected chi connectivity index (χ4v) is 6.29. The van der Waals surface area contributed by atoms with Gasteiger partial charge >= 0.3 is 7.60 Å². The summed E-state index contributed by atoms with van der Waals surface area (Å²) < 4.78 is 61.3. The fourth-order valence-electron chi connectivity index (χ4n) is 3.69. The molecular weight excluding hydrogens is 587 g/mol. The summed E-state index contributed by atoms with van der Waals surface area (Å²) in [4.78, 5) is 66.1. The van der Waals surface area contributed by atoms with E-state index in [1.807, 2.05) is 0 Å². The van der Waals surface area contributed by atoms with Crippen LogP contribution in [0.1, 0.15) is 26.7 Å². The Labute approximate surface area is 235 Å². The van der Waals surface area contributed by atoms with Crippen molar-refractivity contribution in [3.8, 4) is 23.0 Å². The average Bonchev–Trinajstić information content (AvgIpc) is 2.85. The van der Waals surface area contributed by atoms with Gasteiger partial charge in [0.2, 0.25) is 21.7 Å². The van der Waals surface area contributed by atoms with E-state index in [0.29, 0.717) is 0 Å². The van der Waals surface area contributed by atoms with E-state index in [1.165, 1.54) is 14.0 Å². The van der Waals surface area contributed by atoms with Gasteiger partial charge in [0.15, 0.2) is 5.75 Å². The summed E-state index contributed by atoms with van der Waals surface area (Å²) in [7, 11) is -5.85. The molecule has 0 aliphatic carbocycles. The normalized spacial score (nSPS) is 11.3. The number of carbonyl (C=O) groups is 4. The molecule has 0 saturated heterocycles. The largest absolute Gasteiger partial charge is 0.495 e. The third-order valence-corrected chi connectivity index (χ3v) is 8.11. The van der Waals surface area contributed by atoms with Crippen LogP contribution in [0.2, 0.25) is 0 Å². The maximum absolute atomic E-state index is 14.0. The number of nitrogens with one attached hydrogen (secondary N) is 2. The van der Waals surface area contributed by atoms with E-state index in [2.05, 4.69) is 10.6 Å². The van der Waals surface area contributed by atoms with Crippen molar-refractivity contribution in [2.75, 3.05) is 39.1 Å². The Morgan fingerprint density at radius 1 is 0.756 bits per heavy atom. The van der Waals surface area contributed by atoms with E-state index in [-0.39, 0.29) is 17.2 Å². The minimum atomic E-state index is -5.40. The topological polar surface area (TPSA) is 221 Å². The first-order valence-corrected chi connectivity index (χ1v) is 14.6. The van der Waals surface area contributed by atoms with E-state index in [4.69, 9.17) is 18.9 Å². The Hall–Kier alpha value is -3.98. The van der Waals surface area contributed by atoms with Crippen LogP contribution in [0, 0.1) is 0 Å². The van der Waals surface area contributed by atoms with Crippen LogP contribution >= 0.6 is 7.60 Å². The first-order chi connectivity index (χ1) is 19.0. The van der Waals surface area contributed by atoms with Crippen molar-refractivity contribution in [2.24, 2.45) is 0 Å². The second kappa shape index (κ2) is 13.1. The van der Waals surface area contributed by atoms with Crippen LogP contribution in [0.4, 0.5) is 11.4 Å². The van der Waals surface area contributed by atoms with E-state index in [9.17, 15) is 41.9 Å². The number of ether oxygens (including phenoxy) is 4. The van der Waals surface area contributed by atoms with Crippen LogP contribution in [-0.4, -0.2) is 70.0 Å². The Morgan fingerprint density at radius 3 is 1.68 bits per heavy atom. The first-order valence-electron chi connectivity index (χ1n) is 11.5. The van der Waals surface area contributed by atoms with Crippen molar-refractivity contribution < 1.29 is 60.9 Å². The van der Waals surface area contributed by atoms with E-state index < -0.39 is 85.9 Å². The molecule has 2 rings (SSSR count). The molecule has 0 aliphatic rings. The number of hydrogen-bond acceptors (Lipinski definition) is 11. The molecule has 0 unspecified atom stereocenters. The minimum Gasteiger partial charge on any atom is -0.495 e. The molecule has 2 aromatic rings. The molecule has 15 nitrogen and oxygen atoms in total. The first kappa shape index (κ1) is 33.2. The lowest BCUT2D eigenvalue weighted by Gasteiger charge is -2.22. The lowest BCUT2D eigenvalue weighted by atomic mass is 10.2. The zero-order chi connectivity index (χ0) is 31.3. The maximum Gasteiger partial charge on any atom is 0.362 e. The van der Waals surface area contributed by atoms with Crippen molar-refractivity contribution in [1.82, 2.24) is 0 Å². The molecule has 224 valence electrons. The summed E-state index contributed by atoms with van der Waals surface area (Å²) in [6, 6.07) is 2.97. The molecule has 0 saturated carbocycles. The number of hydrogen-bond donors (Lipinski definition) is 4. The highest BCUT2D eigenvalue weighted by Gasteiger charge is 2.38. The van der Waals surface area contributed by atoms with Gasteiger partial charge in [-0.1, -0.05) is 0 Å². The summed E-state index contributed by atoms with van der Waals surface area (Å²) in [5.41, 5.74) is -0.630. The van der Waals surface area contributed by atoms with Crippen LogP contribution < -0.4 is 34.9 Å². The van der Waals surface area contributed by atoms with E-state index >= 15 is 0 Å². The number of methoxy groups -OCH3 is 4. The highest BCUT2D eigenvalue weighted by molar-refractivity contribution is 7.91. The molecule has 17 heteroatoms. The van der Waals surface area contributed by atoms with Crippen molar-refractivity contribution in [1.29, 1.82) is 0 Å². The molecule has 2 amide bonds. The summed E-state index contributed by atoms with van der Waals surface area (Å²) in [6.07, 6.45) is -1.10. The smallest absolute Gasteiger partial charge is 0.362 e. The van der Waals surface area contributed by atoms with Gasteiger partial charge in [0.05, 0.1) is 47.0 Å². The van der Waals surface area contributed by atoms with Crippen molar-refractivity contribution in [3.63, 3.8) is 0 Å². The molecule has 0 fully saturated rings. The second-order valence-electron chi connectivity index (χ2n) is 8.44. The zero-order valence-electron chi connectivity index (χ0n) is 22.9. The number of benzene rings is 2. The molecule has 0 aliphatic heterocycles. The third-order valence-electron chi connectivity index (χ3n) is 5.32. The molecule has 41 heavy (non-hydrogen) atoms. The van der Waals surface area contributed by atoms with Gasteiger partial charge in [-0.05, 0) is 13.8 Å². The minimum absolute atomic E-state index is 0.0291. The fraction of sp³-hybridized carbons (Fsp3) is 0.333. The molecule has 2 aromatic carbocycles. The number of carbonyl (C=O) groups excluding carboxylic acids is 4. The van der Waals surface area contributed by atoms with Gasteiger partial charge in [0, 0.05) is 18.2 Å². The Morgan fingerprint density at radius 2 is 1.24 bits per heavy atom. The Balaban J connectivity index is 2.90. The van der Waals surface area contributed by atoms with Crippen molar-refractivity contribution in [2.45, 2.75) is 36.5 Å². The summed E-state index contributed by atoms with van der Waals surface area (Å²) in [6.45, 7) is 2.33. The number of Topliss-reactive ketones (excluding diaryl/α,β-unsaturated/α-hetero) is 2. The molecule has 0 heterocycles. The van der Waals surface area contributed by atoms with Crippen LogP contribution in [0.3, 0.4) is 0 Å². The predicted octanol–water partition coefficient (Wildman–Crippen LogP) is 1.19. The third kappa shape index (κ3) is 7.61. The summed E-state index contributed by atoms with van der Waals surface area (Å²) >= 11 is 0. The number of rotatable bonds is 13. The van der Waals surface area contributed by atoms with E-state index in [0.717, 1.165) is 46.5 Å². The van der Waals surface area contributed by atoms with Crippen LogP contribution in [0.5, 0.6) is 23.0 Å². The molecule has 0 bridgehead atoms. The second-order valence-corrected chi connectivity index (χ2v) is 11.9. The quantitative estimate of drug-likeness (QED) is 0.184. The highest BCUT2D eigenvalue weighted by Crippen LogP contribution is 2.49. The highest BCUT2D eigenvalue weighted by atomic mass is 32.2. The van der Waals surface area contributed by atoms with Crippen LogP contribution in [-0.2, 0) is 33.6 Å². The van der Waals surface area contributed by atoms with Crippen molar-refractivity contribution >= 4 is 57.5 Å². The molecule has 4 N–H and O–H groups in total. The number of anilines is 2. The summed E-state index contributed by atoms with van der Waals surface area (Å²) in [5, 5.41) is 3.58. The van der Waals surface area contributed by atoms with Gasteiger partial charge < -0.3 is 39.4 Å². The van der Waals surface area contributed by atoms with Gasteiger partial charge in [0.1, 0.15) is 49.6 Å². The standard InChI is InChI=1S/C24H29N2O13PS/c1-12(27)7-20(29)25-14-9-16(37-4)18(10-15(14)36-3)41(34,35)19-11-17(38-5)22(26-21(30)8-13(2)28)24(23(19)39-6)40(31,32)33/h9-11H,7-8H2,1-6H3,(H,25,29)(H,26,30)(H2,31,32,33). The molecular formula is C24H29N2O13PS. The summed E-state index contributed by atoms with van der Waals surface area (Å²) in [5.74, 6) is -4.39. The number of ketones is 2. The Kier molecular flexibility index (Phi) is 10.6.